The lowest BCUT2D eigenvalue weighted by atomic mass is 10.3. The lowest BCUT2D eigenvalue weighted by Gasteiger charge is -2.27. The molecule has 0 bridgehead atoms. The summed E-state index contributed by atoms with van der Waals surface area (Å²) in [5, 5.41) is 9.08. The first kappa shape index (κ1) is 11.7. The zero-order valence-electron chi connectivity index (χ0n) is 9.32. The fraction of sp³-hybridized carbons (Fsp3) is 0.500. The van der Waals surface area contributed by atoms with Gasteiger partial charge in [0, 0.05) is 6.20 Å². The Morgan fingerprint density at radius 1 is 1.71 bits per heavy atom. The molecule has 1 aromatic heterocycles. The summed E-state index contributed by atoms with van der Waals surface area (Å²) in [4.78, 5) is 15.3. The van der Waals surface area contributed by atoms with Crippen LogP contribution in [0.4, 0.5) is 5.82 Å². The number of nitrogens with two attached hydrogens (primary N) is 1. The largest absolute Gasteiger partial charge is 0.393 e. The van der Waals surface area contributed by atoms with E-state index in [9.17, 15) is 4.79 Å². The monoisotopic (exact) mass is 239 g/mol. The minimum absolute atomic E-state index is 0.111. The maximum absolute atomic E-state index is 11.6. The number of rotatable bonds is 2. The predicted octanol–water partition coefficient (Wildman–Crippen LogP) is -1.57. The van der Waals surface area contributed by atoms with Crippen molar-refractivity contribution < 1.29 is 14.4 Å². The highest BCUT2D eigenvalue weighted by atomic mass is 16.5. The van der Waals surface area contributed by atoms with Crippen molar-refractivity contribution in [1.29, 1.82) is 0 Å². The van der Waals surface area contributed by atoms with E-state index in [0.29, 0.717) is 13.1 Å². The number of nitrogen functional groups attached to an aromatic ring is 1. The van der Waals surface area contributed by atoms with Crippen molar-refractivity contribution in [2.45, 2.75) is 12.3 Å². The zero-order chi connectivity index (χ0) is 12.4. The number of hydrogen-bond donors (Lipinski definition) is 2. The van der Waals surface area contributed by atoms with Gasteiger partial charge in [0.2, 0.25) is 0 Å². The molecule has 7 heteroatoms. The van der Waals surface area contributed by atoms with Gasteiger partial charge in [0.1, 0.15) is 18.6 Å². The molecule has 92 valence electrons. The van der Waals surface area contributed by atoms with E-state index in [1.807, 2.05) is 0 Å². The van der Waals surface area contributed by atoms with E-state index >= 15 is 0 Å². The third kappa shape index (κ3) is 2.51. The Labute approximate surface area is 97.8 Å². The lowest BCUT2D eigenvalue weighted by Crippen LogP contribution is -2.44. The van der Waals surface area contributed by atoms with Crippen molar-refractivity contribution in [3.63, 3.8) is 0 Å². The average Bonchev–Trinajstić information content (AvgIpc) is 2.28. The molecule has 2 heterocycles. The summed E-state index contributed by atoms with van der Waals surface area (Å²) < 4.78 is 8.65. The SMILES string of the molecule is C=[N+]1CC(n2ccc(N)nc2=O)O[C@H](CO)C1. The van der Waals surface area contributed by atoms with Crippen molar-refractivity contribution >= 4 is 12.5 Å². The number of aliphatic hydroxyl groups is 1. The highest BCUT2D eigenvalue weighted by Crippen LogP contribution is 2.15. The van der Waals surface area contributed by atoms with Gasteiger partial charge >= 0.3 is 5.69 Å². The summed E-state index contributed by atoms with van der Waals surface area (Å²) in [5.74, 6) is 0.173. The number of aliphatic hydroxyl groups excluding tert-OH is 1. The van der Waals surface area contributed by atoms with E-state index in [-0.39, 0.29) is 18.5 Å². The van der Waals surface area contributed by atoms with Crippen LogP contribution in [0.25, 0.3) is 0 Å². The third-order valence-electron chi connectivity index (χ3n) is 2.59. The van der Waals surface area contributed by atoms with Crippen LogP contribution in [-0.4, -0.2) is 51.8 Å². The Bertz CT molecular complexity index is 485. The fourth-order valence-corrected chi connectivity index (χ4v) is 1.79. The maximum Gasteiger partial charge on any atom is 0.351 e. The maximum atomic E-state index is 11.6. The highest BCUT2D eigenvalue weighted by molar-refractivity contribution is 5.23. The van der Waals surface area contributed by atoms with E-state index in [4.69, 9.17) is 15.6 Å². The van der Waals surface area contributed by atoms with Crippen LogP contribution in [0.5, 0.6) is 0 Å². The number of morpholine rings is 1. The summed E-state index contributed by atoms with van der Waals surface area (Å²) in [6.07, 6.45) is 0.679. The molecule has 1 aromatic rings. The standard InChI is InChI=1S/C10H14N4O3/c1-13-4-7(6-15)17-9(5-13)14-3-2-8(11)12-10(14)16/h2-3,7,9,15H,1,4-6H2,(H-,11,12,16)/p+1/t7-,9?/m0/s1. The fourth-order valence-electron chi connectivity index (χ4n) is 1.79. The Hall–Kier alpha value is -1.73. The van der Waals surface area contributed by atoms with Gasteiger partial charge in [0.05, 0.1) is 6.61 Å². The molecule has 0 saturated carbocycles. The van der Waals surface area contributed by atoms with Gasteiger partial charge in [-0.25, -0.2) is 9.37 Å². The van der Waals surface area contributed by atoms with Gasteiger partial charge in [0.25, 0.3) is 0 Å². The van der Waals surface area contributed by atoms with Crippen molar-refractivity contribution in [2.24, 2.45) is 0 Å². The van der Waals surface area contributed by atoms with Crippen LogP contribution in [0.15, 0.2) is 17.1 Å². The van der Waals surface area contributed by atoms with Crippen LogP contribution in [0.1, 0.15) is 6.23 Å². The molecule has 2 rings (SSSR count). The first-order chi connectivity index (χ1) is 8.10. The molecule has 0 aliphatic carbocycles. The van der Waals surface area contributed by atoms with Gasteiger partial charge in [-0.05, 0) is 6.07 Å². The normalized spacial score (nSPS) is 24.9. The average molecular weight is 239 g/mol. The first-order valence-corrected chi connectivity index (χ1v) is 5.26. The Kier molecular flexibility index (Phi) is 3.21. The molecule has 1 unspecified atom stereocenters. The molecule has 0 amide bonds. The van der Waals surface area contributed by atoms with Crippen LogP contribution in [0.2, 0.25) is 0 Å². The van der Waals surface area contributed by atoms with Crippen molar-refractivity contribution in [3.8, 4) is 0 Å². The Morgan fingerprint density at radius 3 is 3.12 bits per heavy atom. The van der Waals surface area contributed by atoms with Gasteiger partial charge in [-0.2, -0.15) is 4.98 Å². The second kappa shape index (κ2) is 4.64. The number of nitrogens with zero attached hydrogens (tertiary/aromatic N) is 3. The van der Waals surface area contributed by atoms with Crippen LogP contribution >= 0.6 is 0 Å². The summed E-state index contributed by atoms with van der Waals surface area (Å²) >= 11 is 0. The van der Waals surface area contributed by atoms with Crippen molar-refractivity contribution in [2.75, 3.05) is 25.4 Å². The van der Waals surface area contributed by atoms with E-state index in [0.717, 1.165) is 0 Å². The molecule has 7 nitrogen and oxygen atoms in total. The molecule has 1 aliphatic rings. The van der Waals surface area contributed by atoms with Crippen LogP contribution in [0, 0.1) is 0 Å². The molecular formula is C10H15N4O3+. The minimum Gasteiger partial charge on any atom is -0.393 e. The Balaban J connectivity index is 2.27. The van der Waals surface area contributed by atoms with Gasteiger partial charge in [0.15, 0.2) is 19.3 Å². The summed E-state index contributed by atoms with van der Waals surface area (Å²) in [5.41, 5.74) is 4.94. The molecule has 1 aliphatic heterocycles. The summed E-state index contributed by atoms with van der Waals surface area (Å²) in [6, 6.07) is 1.53. The summed E-state index contributed by atoms with van der Waals surface area (Å²) in [7, 11) is 0. The number of ether oxygens (including phenoxy) is 1. The number of aromatic nitrogens is 2. The topological polar surface area (TPSA) is 93.4 Å². The second-order valence-corrected chi connectivity index (χ2v) is 3.97. The van der Waals surface area contributed by atoms with Crippen LogP contribution in [0.3, 0.4) is 0 Å². The van der Waals surface area contributed by atoms with Gasteiger partial charge in [-0.15, -0.1) is 0 Å². The molecule has 17 heavy (non-hydrogen) atoms. The molecule has 3 N–H and O–H groups in total. The molecule has 1 fully saturated rings. The smallest absolute Gasteiger partial charge is 0.351 e. The van der Waals surface area contributed by atoms with Crippen LogP contribution < -0.4 is 11.4 Å². The lowest BCUT2D eigenvalue weighted by molar-refractivity contribution is -0.569. The minimum atomic E-state index is -0.501. The van der Waals surface area contributed by atoms with Gasteiger partial charge in [-0.3, -0.25) is 4.57 Å². The second-order valence-electron chi connectivity index (χ2n) is 3.97. The first-order valence-electron chi connectivity index (χ1n) is 5.26. The van der Waals surface area contributed by atoms with Crippen molar-refractivity contribution in [1.82, 2.24) is 9.55 Å². The quantitative estimate of drug-likeness (QED) is 0.608. The van der Waals surface area contributed by atoms with Gasteiger partial charge < -0.3 is 15.6 Å². The van der Waals surface area contributed by atoms with E-state index < -0.39 is 11.9 Å². The van der Waals surface area contributed by atoms with Crippen LogP contribution in [-0.2, 0) is 4.74 Å². The Morgan fingerprint density at radius 2 is 2.47 bits per heavy atom. The molecule has 0 spiro atoms. The third-order valence-corrected chi connectivity index (χ3v) is 2.59. The summed E-state index contributed by atoms with van der Waals surface area (Å²) in [6.45, 7) is 4.68. The van der Waals surface area contributed by atoms with E-state index in [1.165, 1.54) is 16.8 Å². The van der Waals surface area contributed by atoms with Gasteiger partial charge in [-0.1, -0.05) is 0 Å². The number of anilines is 1. The van der Waals surface area contributed by atoms with Crippen molar-refractivity contribution in [3.05, 3.63) is 22.7 Å². The zero-order valence-corrected chi connectivity index (χ0v) is 9.32. The molecular weight excluding hydrogens is 224 g/mol. The molecule has 2 atom stereocenters. The molecule has 1 saturated heterocycles. The molecule has 0 radical (unpaired) electrons. The van der Waals surface area contributed by atoms with E-state index in [1.54, 1.807) is 4.58 Å². The number of hydrogen-bond acceptors (Lipinski definition) is 5. The molecule has 0 aromatic carbocycles. The predicted molar refractivity (Wildman–Crippen MR) is 61.0 cm³/mol. The highest BCUT2D eigenvalue weighted by Gasteiger charge is 2.30. The van der Waals surface area contributed by atoms with E-state index in [2.05, 4.69) is 11.7 Å².